The van der Waals surface area contributed by atoms with E-state index in [1.54, 1.807) is 6.07 Å². The normalized spacial score (nSPS) is 10.4. The number of carbonyl (C=O) groups is 1. The summed E-state index contributed by atoms with van der Waals surface area (Å²) < 4.78 is 28.6. The van der Waals surface area contributed by atoms with E-state index < -0.39 is 6.61 Å². The van der Waals surface area contributed by atoms with Gasteiger partial charge in [-0.15, -0.1) is 0 Å². The third-order valence-corrected chi connectivity index (χ3v) is 2.52. The molecule has 0 atom stereocenters. The van der Waals surface area contributed by atoms with Crippen molar-refractivity contribution in [2.45, 2.75) is 19.5 Å². The van der Waals surface area contributed by atoms with Crippen LogP contribution >= 0.6 is 15.9 Å². The van der Waals surface area contributed by atoms with Crippen LogP contribution in [0, 0.1) is 0 Å². The average Bonchev–Trinajstić information content (AvgIpc) is 2.15. The first kappa shape index (κ1) is 12.1. The molecule has 82 valence electrons. The van der Waals surface area contributed by atoms with Crippen molar-refractivity contribution in [2.75, 3.05) is 0 Å². The number of hydrogen-bond donors (Lipinski definition) is 0. The molecule has 0 aliphatic carbocycles. The molecule has 0 unspecified atom stereocenters. The molecule has 0 heterocycles. The Labute approximate surface area is 94.4 Å². The quantitative estimate of drug-likeness (QED) is 0.774. The lowest BCUT2D eigenvalue weighted by Crippen LogP contribution is -2.02. The Kier molecular flexibility index (Phi) is 4.68. The van der Waals surface area contributed by atoms with Crippen LogP contribution in [0.15, 0.2) is 22.7 Å². The minimum atomic E-state index is -2.82. The summed E-state index contributed by atoms with van der Waals surface area (Å²) in [4.78, 5) is 10.2. The maximum Gasteiger partial charge on any atom is 0.387 e. The second-order valence-electron chi connectivity index (χ2n) is 2.84. The van der Waals surface area contributed by atoms with Crippen LogP contribution in [0.2, 0.25) is 0 Å². The van der Waals surface area contributed by atoms with Crippen LogP contribution in [0.1, 0.15) is 12.0 Å². The second kappa shape index (κ2) is 5.80. The van der Waals surface area contributed by atoms with Crippen LogP contribution < -0.4 is 4.74 Å². The molecule has 0 aliphatic heterocycles. The minimum absolute atomic E-state index is 0.103. The van der Waals surface area contributed by atoms with E-state index in [1.165, 1.54) is 12.1 Å². The molecule has 1 aromatic rings. The fraction of sp³-hybridized carbons (Fsp3) is 0.300. The number of benzene rings is 1. The van der Waals surface area contributed by atoms with Crippen molar-refractivity contribution in [3.63, 3.8) is 0 Å². The van der Waals surface area contributed by atoms with Gasteiger partial charge in [0, 0.05) is 10.9 Å². The molecule has 0 aliphatic rings. The van der Waals surface area contributed by atoms with Crippen molar-refractivity contribution in [1.82, 2.24) is 0 Å². The Morgan fingerprint density at radius 3 is 2.73 bits per heavy atom. The van der Waals surface area contributed by atoms with E-state index in [0.717, 1.165) is 11.8 Å². The molecule has 0 aromatic heterocycles. The molecule has 0 saturated heterocycles. The van der Waals surface area contributed by atoms with Crippen LogP contribution in [-0.4, -0.2) is 12.9 Å². The number of rotatable bonds is 5. The van der Waals surface area contributed by atoms with Gasteiger partial charge in [-0.05, 0) is 24.1 Å². The summed E-state index contributed by atoms with van der Waals surface area (Å²) in [6.07, 6.45) is 1.81. The highest BCUT2D eigenvalue weighted by molar-refractivity contribution is 9.10. The lowest BCUT2D eigenvalue weighted by atomic mass is 10.1. The Hall–Kier alpha value is -0.970. The van der Waals surface area contributed by atoms with Crippen LogP contribution in [0.25, 0.3) is 0 Å². The first-order valence-electron chi connectivity index (χ1n) is 4.30. The Balaban J connectivity index is 2.73. The zero-order valence-electron chi connectivity index (χ0n) is 7.75. The Morgan fingerprint density at radius 1 is 1.47 bits per heavy atom. The molecule has 0 N–H and O–H groups in total. The molecule has 2 nitrogen and oxygen atoms in total. The third kappa shape index (κ3) is 3.95. The van der Waals surface area contributed by atoms with Gasteiger partial charge in [-0.1, -0.05) is 22.0 Å². The largest absolute Gasteiger partial charge is 0.435 e. The molecular formula is C10H9BrF2O2. The molecule has 0 saturated carbocycles. The second-order valence-corrected chi connectivity index (χ2v) is 3.69. The highest BCUT2D eigenvalue weighted by atomic mass is 79.9. The van der Waals surface area contributed by atoms with Crippen molar-refractivity contribution in [1.29, 1.82) is 0 Å². The van der Waals surface area contributed by atoms with Crippen molar-refractivity contribution in [3.05, 3.63) is 28.2 Å². The fourth-order valence-corrected chi connectivity index (χ4v) is 1.68. The highest BCUT2D eigenvalue weighted by Gasteiger charge is 2.06. The van der Waals surface area contributed by atoms with Gasteiger partial charge in [-0.3, -0.25) is 0 Å². The summed E-state index contributed by atoms with van der Waals surface area (Å²) in [5.74, 6) is 0.103. The van der Waals surface area contributed by atoms with Gasteiger partial charge >= 0.3 is 6.61 Å². The summed E-state index contributed by atoms with van der Waals surface area (Å²) in [7, 11) is 0. The Bertz CT molecular complexity index is 342. The molecule has 0 amide bonds. The van der Waals surface area contributed by atoms with Gasteiger partial charge in [0.15, 0.2) is 0 Å². The molecule has 1 aromatic carbocycles. The van der Waals surface area contributed by atoms with Crippen LogP contribution in [0.4, 0.5) is 8.78 Å². The van der Waals surface area contributed by atoms with Crippen molar-refractivity contribution >= 4 is 22.2 Å². The van der Waals surface area contributed by atoms with Crippen LogP contribution in [0.5, 0.6) is 5.75 Å². The van der Waals surface area contributed by atoms with E-state index in [4.69, 9.17) is 0 Å². The molecule has 1 rings (SSSR count). The number of halogens is 3. The summed E-state index contributed by atoms with van der Waals surface area (Å²) in [5, 5.41) is 0. The van der Waals surface area contributed by atoms with E-state index in [9.17, 15) is 13.6 Å². The monoisotopic (exact) mass is 278 g/mol. The summed E-state index contributed by atoms with van der Waals surface area (Å²) in [6.45, 7) is -2.82. The first-order valence-corrected chi connectivity index (χ1v) is 5.09. The van der Waals surface area contributed by atoms with Crippen molar-refractivity contribution in [2.24, 2.45) is 0 Å². The zero-order chi connectivity index (χ0) is 11.3. The molecular weight excluding hydrogens is 270 g/mol. The highest BCUT2D eigenvalue weighted by Crippen LogP contribution is 2.24. The van der Waals surface area contributed by atoms with E-state index in [1.807, 2.05) is 0 Å². The predicted octanol–water partition coefficient (Wildman–Crippen LogP) is 3.18. The first-order chi connectivity index (χ1) is 7.13. The summed E-state index contributed by atoms with van der Waals surface area (Å²) in [6, 6.07) is 4.58. The molecule has 0 bridgehead atoms. The fourth-order valence-electron chi connectivity index (χ4n) is 1.12. The smallest absolute Gasteiger partial charge is 0.387 e. The molecule has 0 fully saturated rings. The summed E-state index contributed by atoms with van der Waals surface area (Å²) in [5.41, 5.74) is 0.892. The van der Waals surface area contributed by atoms with Gasteiger partial charge in [0.2, 0.25) is 0 Å². The molecule has 0 radical (unpaired) electrons. The lowest BCUT2D eigenvalue weighted by molar-refractivity contribution is -0.107. The zero-order valence-corrected chi connectivity index (χ0v) is 9.34. The van der Waals surface area contributed by atoms with Gasteiger partial charge < -0.3 is 9.53 Å². The number of carbonyl (C=O) groups excluding carboxylic acids is 1. The maximum absolute atomic E-state index is 11.9. The van der Waals surface area contributed by atoms with E-state index in [0.29, 0.717) is 17.3 Å². The standard InChI is InChI=1S/C10H9BrF2O2/c11-9-6-8(15-10(12)13)4-3-7(9)2-1-5-14/h3-6,10H,1-2H2. The van der Waals surface area contributed by atoms with Crippen molar-refractivity contribution in [3.8, 4) is 5.75 Å². The number of ether oxygens (including phenoxy) is 1. The number of aryl methyl sites for hydroxylation is 1. The topological polar surface area (TPSA) is 26.3 Å². The lowest BCUT2D eigenvalue weighted by Gasteiger charge is -2.07. The maximum atomic E-state index is 11.9. The third-order valence-electron chi connectivity index (χ3n) is 1.78. The minimum Gasteiger partial charge on any atom is -0.435 e. The van der Waals surface area contributed by atoms with E-state index in [2.05, 4.69) is 20.7 Å². The number of aldehydes is 1. The van der Waals surface area contributed by atoms with Crippen LogP contribution in [-0.2, 0) is 11.2 Å². The van der Waals surface area contributed by atoms with Gasteiger partial charge in [0.05, 0.1) is 0 Å². The summed E-state index contributed by atoms with van der Waals surface area (Å²) >= 11 is 3.23. The average molecular weight is 279 g/mol. The molecule has 0 spiro atoms. The number of hydrogen-bond acceptors (Lipinski definition) is 2. The Morgan fingerprint density at radius 2 is 2.20 bits per heavy atom. The number of alkyl halides is 2. The predicted molar refractivity (Wildman–Crippen MR) is 55.2 cm³/mol. The molecule has 15 heavy (non-hydrogen) atoms. The van der Waals surface area contributed by atoms with Crippen molar-refractivity contribution < 1.29 is 18.3 Å². The van der Waals surface area contributed by atoms with Gasteiger partial charge in [0.25, 0.3) is 0 Å². The SMILES string of the molecule is O=CCCc1ccc(OC(F)F)cc1Br. The van der Waals surface area contributed by atoms with E-state index >= 15 is 0 Å². The van der Waals surface area contributed by atoms with E-state index in [-0.39, 0.29) is 5.75 Å². The van der Waals surface area contributed by atoms with Gasteiger partial charge in [-0.2, -0.15) is 8.78 Å². The molecule has 5 heteroatoms. The van der Waals surface area contributed by atoms with Gasteiger partial charge in [0.1, 0.15) is 12.0 Å². The van der Waals surface area contributed by atoms with Gasteiger partial charge in [-0.25, -0.2) is 0 Å². The van der Waals surface area contributed by atoms with Crippen LogP contribution in [0.3, 0.4) is 0 Å².